The van der Waals surface area contributed by atoms with Crippen molar-refractivity contribution < 1.29 is 18.0 Å². The lowest BCUT2D eigenvalue weighted by molar-refractivity contribution is -0.141. The fraction of sp³-hybridized carbons (Fsp3) is 0.440. The molecule has 1 unspecified atom stereocenters. The number of halogens is 1. The molecule has 34 heavy (non-hydrogen) atoms. The number of aryl methyl sites for hydroxylation is 1. The van der Waals surface area contributed by atoms with Gasteiger partial charge in [0.1, 0.15) is 12.6 Å². The lowest BCUT2D eigenvalue weighted by Crippen LogP contribution is -2.55. The van der Waals surface area contributed by atoms with Crippen molar-refractivity contribution in [3.8, 4) is 0 Å². The summed E-state index contributed by atoms with van der Waals surface area (Å²) < 4.78 is 26.2. The average Bonchev–Trinajstić information content (AvgIpc) is 2.70. The molecule has 1 atom stereocenters. The first-order valence-electron chi connectivity index (χ1n) is 11.1. The first kappa shape index (κ1) is 27.7. The van der Waals surface area contributed by atoms with Crippen LogP contribution in [0.3, 0.4) is 0 Å². The SMILES string of the molecule is CCC(C(=O)NC(C)(C)C)N(Cc1ccccc1C)C(=O)CN(c1cccc(Cl)c1)S(C)(=O)=O. The van der Waals surface area contributed by atoms with E-state index in [0.29, 0.717) is 11.4 Å². The van der Waals surface area contributed by atoms with E-state index in [1.165, 1.54) is 11.0 Å². The maximum absolute atomic E-state index is 13.7. The lowest BCUT2D eigenvalue weighted by Gasteiger charge is -2.34. The third-order valence-corrected chi connectivity index (χ3v) is 6.64. The van der Waals surface area contributed by atoms with Gasteiger partial charge in [-0.25, -0.2) is 8.42 Å². The van der Waals surface area contributed by atoms with Crippen molar-refractivity contribution in [3.63, 3.8) is 0 Å². The Kier molecular flexibility index (Phi) is 9.14. The lowest BCUT2D eigenvalue weighted by atomic mass is 10.0. The molecule has 0 saturated heterocycles. The maximum atomic E-state index is 13.7. The molecule has 0 aromatic heterocycles. The summed E-state index contributed by atoms with van der Waals surface area (Å²) in [6.45, 7) is 9.10. The van der Waals surface area contributed by atoms with Gasteiger partial charge in [0, 0.05) is 17.1 Å². The number of anilines is 1. The summed E-state index contributed by atoms with van der Waals surface area (Å²) in [6, 6.07) is 13.2. The van der Waals surface area contributed by atoms with Gasteiger partial charge < -0.3 is 10.2 Å². The molecule has 0 fully saturated rings. The molecule has 0 aliphatic heterocycles. The Morgan fingerprint density at radius 1 is 1.09 bits per heavy atom. The molecule has 2 aromatic rings. The molecule has 0 radical (unpaired) electrons. The van der Waals surface area contributed by atoms with Crippen LogP contribution in [0.2, 0.25) is 5.02 Å². The minimum Gasteiger partial charge on any atom is -0.350 e. The molecule has 2 rings (SSSR count). The van der Waals surface area contributed by atoms with Crippen LogP contribution in [-0.2, 0) is 26.2 Å². The molecule has 1 N–H and O–H groups in total. The highest BCUT2D eigenvalue weighted by Crippen LogP contribution is 2.23. The second-order valence-electron chi connectivity index (χ2n) is 9.36. The van der Waals surface area contributed by atoms with Gasteiger partial charge in [-0.3, -0.25) is 13.9 Å². The summed E-state index contributed by atoms with van der Waals surface area (Å²) in [6.07, 6.45) is 1.41. The fourth-order valence-corrected chi connectivity index (χ4v) is 4.61. The highest BCUT2D eigenvalue weighted by atomic mass is 35.5. The average molecular weight is 508 g/mol. The van der Waals surface area contributed by atoms with Crippen LogP contribution in [0.25, 0.3) is 0 Å². The number of amides is 2. The number of nitrogens with one attached hydrogen (secondary N) is 1. The topological polar surface area (TPSA) is 86.8 Å². The van der Waals surface area contributed by atoms with Crippen LogP contribution in [0.1, 0.15) is 45.2 Å². The van der Waals surface area contributed by atoms with Gasteiger partial charge in [0.05, 0.1) is 11.9 Å². The third kappa shape index (κ3) is 7.74. The minimum absolute atomic E-state index is 0.175. The molecule has 186 valence electrons. The summed E-state index contributed by atoms with van der Waals surface area (Å²) in [5, 5.41) is 3.30. The van der Waals surface area contributed by atoms with E-state index in [9.17, 15) is 18.0 Å². The van der Waals surface area contributed by atoms with E-state index in [0.717, 1.165) is 21.7 Å². The number of hydrogen-bond acceptors (Lipinski definition) is 4. The van der Waals surface area contributed by atoms with Gasteiger partial charge in [0.2, 0.25) is 21.8 Å². The second kappa shape index (κ2) is 11.2. The molecule has 0 bridgehead atoms. The molecule has 0 aliphatic rings. The molecule has 0 heterocycles. The summed E-state index contributed by atoms with van der Waals surface area (Å²) in [5.41, 5.74) is 1.65. The maximum Gasteiger partial charge on any atom is 0.244 e. The largest absolute Gasteiger partial charge is 0.350 e. The zero-order valence-electron chi connectivity index (χ0n) is 20.6. The summed E-state index contributed by atoms with van der Waals surface area (Å²) in [5.74, 6) is -0.768. The zero-order valence-corrected chi connectivity index (χ0v) is 22.2. The number of nitrogens with zero attached hydrogens (tertiary/aromatic N) is 2. The van der Waals surface area contributed by atoms with Crippen LogP contribution in [-0.4, -0.2) is 49.5 Å². The van der Waals surface area contributed by atoms with Gasteiger partial charge in [-0.1, -0.05) is 48.9 Å². The normalized spacial score (nSPS) is 12.7. The predicted octanol–water partition coefficient (Wildman–Crippen LogP) is 4.14. The number of sulfonamides is 1. The number of rotatable bonds is 9. The highest BCUT2D eigenvalue weighted by Gasteiger charge is 2.33. The van der Waals surface area contributed by atoms with Crippen molar-refractivity contribution >= 4 is 39.1 Å². The van der Waals surface area contributed by atoms with Gasteiger partial charge in [-0.2, -0.15) is 0 Å². The van der Waals surface area contributed by atoms with Crippen LogP contribution in [0.15, 0.2) is 48.5 Å². The van der Waals surface area contributed by atoms with Crippen LogP contribution in [0.4, 0.5) is 5.69 Å². The van der Waals surface area contributed by atoms with E-state index in [-0.39, 0.29) is 18.1 Å². The zero-order chi connectivity index (χ0) is 25.7. The van der Waals surface area contributed by atoms with E-state index in [1.807, 2.05) is 58.9 Å². The van der Waals surface area contributed by atoms with Gasteiger partial charge in [-0.15, -0.1) is 0 Å². The van der Waals surface area contributed by atoms with Crippen molar-refractivity contribution in [2.75, 3.05) is 17.1 Å². The van der Waals surface area contributed by atoms with Crippen molar-refractivity contribution in [3.05, 3.63) is 64.7 Å². The number of carbonyl (C=O) groups excluding carboxylic acids is 2. The number of hydrogen-bond donors (Lipinski definition) is 1. The summed E-state index contributed by atoms with van der Waals surface area (Å²) in [4.78, 5) is 28.3. The number of benzene rings is 2. The first-order valence-corrected chi connectivity index (χ1v) is 13.3. The van der Waals surface area contributed by atoms with E-state index in [2.05, 4.69) is 5.32 Å². The van der Waals surface area contributed by atoms with Crippen LogP contribution < -0.4 is 9.62 Å². The van der Waals surface area contributed by atoms with E-state index in [1.54, 1.807) is 18.2 Å². The quantitative estimate of drug-likeness (QED) is 0.552. The van der Waals surface area contributed by atoms with Crippen molar-refractivity contribution in [1.82, 2.24) is 10.2 Å². The van der Waals surface area contributed by atoms with Gasteiger partial charge in [-0.05, 0) is 63.4 Å². The second-order valence-corrected chi connectivity index (χ2v) is 11.7. The van der Waals surface area contributed by atoms with E-state index >= 15 is 0 Å². The number of carbonyl (C=O) groups is 2. The third-order valence-electron chi connectivity index (χ3n) is 5.26. The van der Waals surface area contributed by atoms with Crippen LogP contribution in [0, 0.1) is 6.92 Å². The molecule has 0 saturated carbocycles. The van der Waals surface area contributed by atoms with Crippen LogP contribution in [0.5, 0.6) is 0 Å². The smallest absolute Gasteiger partial charge is 0.244 e. The summed E-state index contributed by atoms with van der Waals surface area (Å²) in [7, 11) is -3.80. The predicted molar refractivity (Wildman–Crippen MR) is 137 cm³/mol. The van der Waals surface area contributed by atoms with Crippen molar-refractivity contribution in [1.29, 1.82) is 0 Å². The highest BCUT2D eigenvalue weighted by molar-refractivity contribution is 7.92. The van der Waals surface area contributed by atoms with E-state index in [4.69, 9.17) is 11.6 Å². The molecule has 7 nitrogen and oxygen atoms in total. The van der Waals surface area contributed by atoms with Gasteiger partial charge in [0.25, 0.3) is 0 Å². The molecule has 9 heteroatoms. The Labute approximate surface area is 208 Å². The van der Waals surface area contributed by atoms with Gasteiger partial charge >= 0.3 is 0 Å². The Bertz CT molecular complexity index is 1130. The molecular formula is C25H34ClN3O4S. The Morgan fingerprint density at radius 3 is 2.26 bits per heavy atom. The Morgan fingerprint density at radius 2 is 1.74 bits per heavy atom. The monoisotopic (exact) mass is 507 g/mol. The summed E-state index contributed by atoms with van der Waals surface area (Å²) >= 11 is 6.07. The standard InChI is InChI=1S/C25H34ClN3O4S/c1-7-22(24(31)27-25(3,4)5)28(16-19-12-9-8-11-18(19)2)23(30)17-29(34(6,32)33)21-14-10-13-20(26)15-21/h8-15,22H,7,16-17H2,1-6H3,(H,27,31). The molecule has 2 aromatic carbocycles. The Hall–Kier alpha value is -2.58. The first-order chi connectivity index (χ1) is 15.7. The minimum atomic E-state index is -3.80. The van der Waals surface area contributed by atoms with Gasteiger partial charge in [0.15, 0.2) is 0 Å². The van der Waals surface area contributed by atoms with Crippen LogP contribution >= 0.6 is 11.6 Å². The molecule has 2 amide bonds. The molecule has 0 aliphatic carbocycles. The van der Waals surface area contributed by atoms with Crippen molar-refractivity contribution in [2.24, 2.45) is 0 Å². The Balaban J connectivity index is 2.48. The molecule has 0 spiro atoms. The fourth-order valence-electron chi connectivity index (χ4n) is 3.59. The van der Waals surface area contributed by atoms with E-state index < -0.39 is 34.1 Å². The molecular weight excluding hydrogens is 474 g/mol. The van der Waals surface area contributed by atoms with Crippen molar-refractivity contribution in [2.45, 2.75) is 59.2 Å².